The molecule has 2 fully saturated rings. The first-order valence-electron chi connectivity index (χ1n) is 9.16. The molecule has 0 N–H and O–H groups in total. The van der Waals surface area contributed by atoms with E-state index < -0.39 is 15.1 Å². The van der Waals surface area contributed by atoms with Crippen LogP contribution in [-0.4, -0.2) is 66.2 Å². The van der Waals surface area contributed by atoms with Crippen LogP contribution in [0.1, 0.15) is 12.8 Å². The van der Waals surface area contributed by atoms with Crippen LogP contribution < -0.4 is 4.90 Å². The van der Waals surface area contributed by atoms with Crippen LogP contribution in [0.25, 0.3) is 11.3 Å². The summed E-state index contributed by atoms with van der Waals surface area (Å²) >= 11 is 1.50. The number of nitrogens with zero attached hydrogens (tertiary/aromatic N) is 5. The van der Waals surface area contributed by atoms with Crippen LogP contribution in [0, 0.1) is 10.1 Å². The number of nitro groups is 1. The highest BCUT2D eigenvalue weighted by molar-refractivity contribution is 7.86. The molecule has 0 radical (unpaired) electrons. The van der Waals surface area contributed by atoms with Crippen molar-refractivity contribution in [3.63, 3.8) is 0 Å². The van der Waals surface area contributed by atoms with Gasteiger partial charge in [-0.2, -0.15) is 17.0 Å². The fourth-order valence-corrected chi connectivity index (χ4v) is 6.05. The second-order valence-electron chi connectivity index (χ2n) is 6.82. The lowest BCUT2D eigenvalue weighted by molar-refractivity contribution is -0.384. The predicted octanol–water partition coefficient (Wildman–Crippen LogP) is 2.18. The van der Waals surface area contributed by atoms with Crippen molar-refractivity contribution in [2.45, 2.75) is 12.8 Å². The molecule has 0 atom stereocenters. The molecule has 0 spiro atoms. The van der Waals surface area contributed by atoms with Crippen LogP contribution in [0.3, 0.4) is 0 Å². The number of thiazole rings is 1. The number of hydrogen-bond donors (Lipinski definition) is 0. The summed E-state index contributed by atoms with van der Waals surface area (Å²) in [7, 11) is -3.35. The fraction of sp³-hybridized carbons (Fsp3) is 0.471. The number of non-ortho nitro benzene ring substituents is 1. The summed E-state index contributed by atoms with van der Waals surface area (Å²) < 4.78 is 28.5. The number of hydrogen-bond acceptors (Lipinski definition) is 7. The SMILES string of the molecule is O=[N+]([O-])c1ccc(-c2csc(N3CCN(S(=O)(=O)N4CCCC4)CC3)n2)cc1. The van der Waals surface area contributed by atoms with Gasteiger partial charge < -0.3 is 4.90 Å². The first kappa shape index (κ1) is 19.2. The number of piperazine rings is 1. The van der Waals surface area contributed by atoms with Crippen molar-refractivity contribution in [1.29, 1.82) is 0 Å². The Balaban J connectivity index is 1.41. The third-order valence-corrected chi connectivity index (χ3v) is 8.03. The summed E-state index contributed by atoms with van der Waals surface area (Å²) in [6.07, 6.45) is 1.87. The smallest absolute Gasteiger partial charge is 0.282 e. The van der Waals surface area contributed by atoms with Gasteiger partial charge in [0.1, 0.15) is 0 Å². The summed E-state index contributed by atoms with van der Waals surface area (Å²) in [6.45, 7) is 3.33. The lowest BCUT2D eigenvalue weighted by Gasteiger charge is -2.35. The number of anilines is 1. The number of nitro benzene ring substituents is 1. The summed E-state index contributed by atoms with van der Waals surface area (Å²) in [5, 5.41) is 13.5. The van der Waals surface area contributed by atoms with Gasteiger partial charge in [-0.15, -0.1) is 11.3 Å². The monoisotopic (exact) mass is 423 g/mol. The van der Waals surface area contributed by atoms with Crippen LogP contribution in [0.15, 0.2) is 29.6 Å². The quantitative estimate of drug-likeness (QED) is 0.540. The van der Waals surface area contributed by atoms with E-state index in [0.717, 1.165) is 29.2 Å². The van der Waals surface area contributed by atoms with Crippen molar-refractivity contribution in [1.82, 2.24) is 13.6 Å². The molecule has 0 bridgehead atoms. The molecular formula is C17H21N5O4S2. The Morgan fingerprint density at radius 2 is 1.57 bits per heavy atom. The van der Waals surface area contributed by atoms with Gasteiger partial charge in [-0.3, -0.25) is 10.1 Å². The van der Waals surface area contributed by atoms with Crippen LogP contribution in [0.5, 0.6) is 0 Å². The number of rotatable bonds is 5. The fourth-order valence-electron chi connectivity index (χ4n) is 3.49. The minimum absolute atomic E-state index is 0.0505. The summed E-state index contributed by atoms with van der Waals surface area (Å²) in [5.74, 6) is 0. The Morgan fingerprint density at radius 1 is 0.964 bits per heavy atom. The van der Waals surface area contributed by atoms with Crippen molar-refractivity contribution in [2.75, 3.05) is 44.2 Å². The zero-order valence-electron chi connectivity index (χ0n) is 15.2. The second kappa shape index (κ2) is 7.74. The van der Waals surface area contributed by atoms with E-state index in [-0.39, 0.29) is 5.69 Å². The highest BCUT2D eigenvalue weighted by Gasteiger charge is 2.34. The second-order valence-corrected chi connectivity index (χ2v) is 9.58. The van der Waals surface area contributed by atoms with Crippen LogP contribution in [-0.2, 0) is 10.2 Å². The number of benzene rings is 1. The molecule has 0 unspecified atom stereocenters. The molecule has 2 aliphatic rings. The topological polar surface area (TPSA) is 99.9 Å². The largest absolute Gasteiger partial charge is 0.345 e. The standard InChI is InChI=1S/C17H21N5O4S2/c23-22(24)15-5-3-14(4-6-15)16-13-27-17(18-16)19-9-11-21(12-10-19)28(25,26)20-7-1-2-8-20/h3-6,13H,1-2,7-12H2. The molecule has 0 amide bonds. The maximum Gasteiger partial charge on any atom is 0.282 e. The van der Waals surface area contributed by atoms with Gasteiger partial charge in [0, 0.05) is 62.3 Å². The van der Waals surface area contributed by atoms with E-state index in [9.17, 15) is 18.5 Å². The van der Waals surface area contributed by atoms with E-state index in [0.29, 0.717) is 39.3 Å². The predicted molar refractivity (Wildman–Crippen MR) is 108 cm³/mol. The molecule has 3 heterocycles. The molecule has 2 aliphatic heterocycles. The Bertz CT molecular complexity index is 946. The Morgan fingerprint density at radius 3 is 2.18 bits per heavy atom. The third kappa shape index (κ3) is 3.75. The molecule has 4 rings (SSSR count). The van der Waals surface area contributed by atoms with Crippen LogP contribution in [0.4, 0.5) is 10.8 Å². The van der Waals surface area contributed by atoms with Gasteiger partial charge in [0.25, 0.3) is 15.9 Å². The molecule has 2 saturated heterocycles. The van der Waals surface area contributed by atoms with Gasteiger partial charge in [-0.1, -0.05) is 0 Å². The summed E-state index contributed by atoms with van der Waals surface area (Å²) in [6, 6.07) is 6.32. The van der Waals surface area contributed by atoms with Gasteiger partial charge in [0.15, 0.2) is 5.13 Å². The molecule has 11 heteroatoms. The lowest BCUT2D eigenvalue weighted by Crippen LogP contribution is -2.52. The minimum Gasteiger partial charge on any atom is -0.345 e. The van der Waals surface area contributed by atoms with E-state index in [1.165, 1.54) is 23.5 Å². The Hall–Kier alpha value is -2.08. The first-order chi connectivity index (χ1) is 13.4. The van der Waals surface area contributed by atoms with E-state index in [4.69, 9.17) is 0 Å². The molecule has 1 aromatic carbocycles. The maximum atomic E-state index is 12.7. The molecule has 9 nitrogen and oxygen atoms in total. The average Bonchev–Trinajstić information content (AvgIpc) is 3.41. The molecule has 0 saturated carbocycles. The average molecular weight is 424 g/mol. The van der Waals surface area contributed by atoms with Gasteiger partial charge in [0.2, 0.25) is 0 Å². The molecule has 2 aromatic rings. The first-order valence-corrected chi connectivity index (χ1v) is 11.4. The van der Waals surface area contributed by atoms with E-state index in [1.807, 2.05) is 5.38 Å². The molecular weight excluding hydrogens is 402 g/mol. The highest BCUT2D eigenvalue weighted by Crippen LogP contribution is 2.29. The van der Waals surface area contributed by atoms with Gasteiger partial charge >= 0.3 is 0 Å². The molecule has 28 heavy (non-hydrogen) atoms. The summed E-state index contributed by atoms with van der Waals surface area (Å²) in [4.78, 5) is 17.1. The normalized spacial score (nSPS) is 19.2. The Labute approximate surface area is 167 Å². The maximum absolute atomic E-state index is 12.7. The molecule has 1 aromatic heterocycles. The zero-order chi connectivity index (χ0) is 19.7. The van der Waals surface area contributed by atoms with E-state index in [1.54, 1.807) is 20.7 Å². The zero-order valence-corrected chi connectivity index (χ0v) is 16.9. The van der Waals surface area contributed by atoms with Gasteiger partial charge in [-0.25, -0.2) is 4.98 Å². The van der Waals surface area contributed by atoms with Gasteiger partial charge in [0.05, 0.1) is 10.6 Å². The molecule has 0 aliphatic carbocycles. The van der Waals surface area contributed by atoms with Crippen molar-refractivity contribution >= 4 is 32.4 Å². The van der Waals surface area contributed by atoms with Crippen molar-refractivity contribution in [3.05, 3.63) is 39.8 Å². The number of aromatic nitrogens is 1. The van der Waals surface area contributed by atoms with Crippen molar-refractivity contribution < 1.29 is 13.3 Å². The van der Waals surface area contributed by atoms with Crippen LogP contribution in [0.2, 0.25) is 0 Å². The van der Waals surface area contributed by atoms with Gasteiger partial charge in [-0.05, 0) is 25.0 Å². The van der Waals surface area contributed by atoms with Crippen molar-refractivity contribution in [2.24, 2.45) is 0 Å². The lowest BCUT2D eigenvalue weighted by atomic mass is 10.1. The highest BCUT2D eigenvalue weighted by atomic mass is 32.2. The Kier molecular flexibility index (Phi) is 5.32. The third-order valence-electron chi connectivity index (χ3n) is 5.09. The van der Waals surface area contributed by atoms with E-state index in [2.05, 4.69) is 9.88 Å². The molecule has 150 valence electrons. The summed E-state index contributed by atoms with van der Waals surface area (Å²) in [5.41, 5.74) is 1.64. The van der Waals surface area contributed by atoms with E-state index >= 15 is 0 Å². The van der Waals surface area contributed by atoms with Crippen molar-refractivity contribution in [3.8, 4) is 11.3 Å². The van der Waals surface area contributed by atoms with Crippen LogP contribution >= 0.6 is 11.3 Å². The minimum atomic E-state index is -3.35.